The first kappa shape index (κ1) is 14.7. The number of aromatic nitrogens is 1. The molecule has 1 heterocycles. The largest absolute Gasteiger partial charge is 0.481 e. The Hall–Kier alpha value is -1.69. The van der Waals surface area contributed by atoms with Crippen LogP contribution in [0.5, 0.6) is 5.88 Å². The Balaban J connectivity index is 2.50. The second kappa shape index (κ2) is 5.75. The zero-order valence-corrected chi connectivity index (χ0v) is 11.5. The predicted octanol–water partition coefficient (Wildman–Crippen LogP) is 4.18. The lowest BCUT2D eigenvalue weighted by molar-refractivity contribution is -0.0883. The van der Waals surface area contributed by atoms with Crippen LogP contribution in [-0.2, 0) is 0 Å². The monoisotopic (exact) mass is 299 g/mol. The van der Waals surface area contributed by atoms with Crippen molar-refractivity contribution in [2.75, 3.05) is 7.11 Å². The summed E-state index contributed by atoms with van der Waals surface area (Å²) in [6.45, 7) is 0. The van der Waals surface area contributed by atoms with Crippen LogP contribution in [0.15, 0.2) is 46.9 Å². The molecule has 1 aliphatic carbocycles. The summed E-state index contributed by atoms with van der Waals surface area (Å²) in [6.07, 6.45) is -0.403. The van der Waals surface area contributed by atoms with Crippen molar-refractivity contribution in [3.63, 3.8) is 0 Å². The average Bonchev–Trinajstić information content (AvgIpc) is 2.60. The van der Waals surface area contributed by atoms with Crippen LogP contribution in [0.25, 0.3) is 5.57 Å². The van der Waals surface area contributed by atoms with E-state index >= 15 is 0 Å². The van der Waals surface area contributed by atoms with Crippen molar-refractivity contribution >= 4 is 18.2 Å². The van der Waals surface area contributed by atoms with Crippen LogP contribution in [0.4, 0.5) is 13.2 Å². The van der Waals surface area contributed by atoms with Gasteiger partial charge >= 0.3 is 6.18 Å². The molecule has 0 amide bonds. The third-order valence-corrected chi connectivity index (χ3v) is 3.18. The number of methoxy groups -OCH3 is 1. The van der Waals surface area contributed by atoms with Crippen LogP contribution in [0.1, 0.15) is 12.1 Å². The fourth-order valence-electron chi connectivity index (χ4n) is 1.78. The van der Waals surface area contributed by atoms with E-state index in [1.807, 2.05) is 0 Å². The molecule has 0 saturated heterocycles. The van der Waals surface area contributed by atoms with Gasteiger partial charge in [-0.1, -0.05) is 18.2 Å². The molecule has 2 nitrogen and oxygen atoms in total. The van der Waals surface area contributed by atoms with E-state index in [1.54, 1.807) is 24.3 Å². The summed E-state index contributed by atoms with van der Waals surface area (Å²) >= 11 is 4.25. The van der Waals surface area contributed by atoms with E-state index in [-0.39, 0.29) is 6.42 Å². The molecule has 0 unspecified atom stereocenters. The maximum atomic E-state index is 12.9. The third-order valence-electron chi connectivity index (χ3n) is 2.76. The van der Waals surface area contributed by atoms with Crippen molar-refractivity contribution in [3.8, 4) is 5.88 Å². The van der Waals surface area contributed by atoms with E-state index in [0.717, 1.165) is 12.2 Å². The molecule has 0 aliphatic heterocycles. The lowest BCUT2D eigenvalue weighted by atomic mass is 10.1. The smallest absolute Gasteiger partial charge is 0.416 e. The summed E-state index contributed by atoms with van der Waals surface area (Å²) in [7, 11) is 1.45. The molecule has 0 radical (unpaired) electrons. The van der Waals surface area contributed by atoms with E-state index < -0.39 is 11.7 Å². The Labute approximate surface area is 120 Å². The first-order valence-corrected chi connectivity index (χ1v) is 6.26. The zero-order chi connectivity index (χ0) is 14.8. The number of thiol groups is 1. The minimum atomic E-state index is -4.39. The Morgan fingerprint density at radius 3 is 2.65 bits per heavy atom. The van der Waals surface area contributed by atoms with Crippen molar-refractivity contribution in [1.29, 1.82) is 0 Å². The van der Waals surface area contributed by atoms with Crippen molar-refractivity contribution in [1.82, 2.24) is 4.98 Å². The van der Waals surface area contributed by atoms with Gasteiger partial charge < -0.3 is 4.74 Å². The molecule has 0 N–H and O–H groups in total. The number of pyridine rings is 1. The lowest BCUT2D eigenvalue weighted by Crippen LogP contribution is -2.10. The minimum Gasteiger partial charge on any atom is -0.481 e. The topological polar surface area (TPSA) is 22.1 Å². The number of allylic oxidation sites excluding steroid dienone is 5. The number of nitrogens with zero attached hydrogens (tertiary/aromatic N) is 1. The molecule has 0 saturated carbocycles. The Morgan fingerprint density at radius 1 is 1.25 bits per heavy atom. The van der Waals surface area contributed by atoms with Gasteiger partial charge in [0.1, 0.15) is 0 Å². The summed E-state index contributed by atoms with van der Waals surface area (Å²) in [4.78, 5) is 4.61. The highest BCUT2D eigenvalue weighted by molar-refractivity contribution is 7.85. The van der Waals surface area contributed by atoms with Gasteiger partial charge in [0.05, 0.1) is 18.4 Å². The van der Waals surface area contributed by atoms with Crippen LogP contribution in [0, 0.1) is 0 Å². The summed E-state index contributed by atoms with van der Waals surface area (Å²) in [5.74, 6) is 0.339. The minimum absolute atomic E-state index is 0.178. The van der Waals surface area contributed by atoms with Crippen LogP contribution >= 0.6 is 12.6 Å². The molecule has 20 heavy (non-hydrogen) atoms. The van der Waals surface area contributed by atoms with Gasteiger partial charge in [-0.25, -0.2) is 4.98 Å². The number of halogens is 3. The molecule has 1 aromatic heterocycles. The first-order chi connectivity index (χ1) is 9.41. The van der Waals surface area contributed by atoms with Crippen molar-refractivity contribution in [3.05, 3.63) is 52.6 Å². The standard InChI is InChI=1S/C14H12F3NOS/c1-19-13-7-3-5-11(18-13)10-8-9(14(15,16)17)4-2-6-12(10)20/h3-8,20H,2H2,1H3. The van der Waals surface area contributed by atoms with E-state index in [9.17, 15) is 13.2 Å². The Bertz CT molecular complexity index is 603. The number of alkyl halides is 3. The second-order valence-corrected chi connectivity index (χ2v) is 4.59. The maximum absolute atomic E-state index is 12.9. The highest BCUT2D eigenvalue weighted by atomic mass is 32.1. The molecule has 0 aromatic carbocycles. The summed E-state index contributed by atoms with van der Waals surface area (Å²) < 4.78 is 43.6. The SMILES string of the molecule is COc1cccc(C2=CC(C(F)(F)F)=CCC=C2S)n1. The molecule has 0 spiro atoms. The first-order valence-electron chi connectivity index (χ1n) is 5.82. The highest BCUT2D eigenvalue weighted by Crippen LogP contribution is 2.35. The normalized spacial score (nSPS) is 15.9. The second-order valence-electron chi connectivity index (χ2n) is 4.11. The number of ether oxygens (including phenoxy) is 1. The average molecular weight is 299 g/mol. The van der Waals surface area contributed by atoms with Crippen molar-refractivity contribution in [2.45, 2.75) is 12.6 Å². The van der Waals surface area contributed by atoms with E-state index in [4.69, 9.17) is 4.74 Å². The maximum Gasteiger partial charge on any atom is 0.416 e. The molecule has 106 valence electrons. The molecule has 0 bridgehead atoms. The van der Waals surface area contributed by atoms with Crippen molar-refractivity contribution < 1.29 is 17.9 Å². The molecule has 6 heteroatoms. The summed E-state index contributed by atoms with van der Waals surface area (Å²) in [5, 5.41) is 0. The van der Waals surface area contributed by atoms with Crippen molar-refractivity contribution in [2.24, 2.45) is 0 Å². The van der Waals surface area contributed by atoms with Crippen LogP contribution in [0.2, 0.25) is 0 Å². The van der Waals surface area contributed by atoms with Gasteiger partial charge in [0.15, 0.2) is 0 Å². The van der Waals surface area contributed by atoms with Gasteiger partial charge in [-0.3, -0.25) is 0 Å². The molecule has 1 aromatic rings. The summed E-state index contributed by atoms with van der Waals surface area (Å²) in [6, 6.07) is 4.92. The van der Waals surface area contributed by atoms with Gasteiger partial charge in [-0.15, -0.1) is 12.6 Å². The van der Waals surface area contributed by atoms with Crippen LogP contribution in [-0.4, -0.2) is 18.3 Å². The molecule has 0 fully saturated rings. The molecular formula is C14H12F3NOS. The lowest BCUT2D eigenvalue weighted by Gasteiger charge is -2.10. The van der Waals surface area contributed by atoms with Crippen LogP contribution in [0.3, 0.4) is 0 Å². The van der Waals surface area contributed by atoms with E-state index in [1.165, 1.54) is 7.11 Å². The van der Waals surface area contributed by atoms with Gasteiger partial charge in [-0.2, -0.15) is 13.2 Å². The third kappa shape index (κ3) is 3.25. The fraction of sp³-hybridized carbons (Fsp3) is 0.214. The summed E-state index contributed by atoms with van der Waals surface area (Å²) in [5.41, 5.74) is 0.0216. The van der Waals surface area contributed by atoms with E-state index in [2.05, 4.69) is 17.6 Å². The molecule has 1 aliphatic rings. The molecule has 0 atom stereocenters. The molecular weight excluding hydrogens is 287 g/mol. The Morgan fingerprint density at radius 2 is 2.00 bits per heavy atom. The highest BCUT2D eigenvalue weighted by Gasteiger charge is 2.33. The quantitative estimate of drug-likeness (QED) is 0.828. The molecule has 2 rings (SSSR count). The fourth-order valence-corrected chi connectivity index (χ4v) is 2.06. The number of hydrogen-bond donors (Lipinski definition) is 1. The Kier molecular flexibility index (Phi) is 4.23. The van der Waals surface area contributed by atoms with E-state index in [0.29, 0.717) is 22.1 Å². The van der Waals surface area contributed by atoms with Gasteiger partial charge in [-0.05, 0) is 18.6 Å². The van der Waals surface area contributed by atoms with Crippen LogP contribution < -0.4 is 4.74 Å². The predicted molar refractivity (Wildman–Crippen MR) is 74.6 cm³/mol. The van der Waals surface area contributed by atoms with Gasteiger partial charge in [0.25, 0.3) is 0 Å². The van der Waals surface area contributed by atoms with Gasteiger partial charge in [0.2, 0.25) is 5.88 Å². The number of hydrogen-bond acceptors (Lipinski definition) is 3. The number of rotatable bonds is 2. The van der Waals surface area contributed by atoms with Gasteiger partial charge in [0, 0.05) is 16.5 Å². The zero-order valence-electron chi connectivity index (χ0n) is 10.6.